The summed E-state index contributed by atoms with van der Waals surface area (Å²) in [5, 5.41) is 0. The zero-order valence-corrected chi connectivity index (χ0v) is 15.3. The molecule has 140 valence electrons. The molecule has 2 aliphatic rings. The van der Waals surface area contributed by atoms with Crippen LogP contribution in [0.15, 0.2) is 22.8 Å². The summed E-state index contributed by atoms with van der Waals surface area (Å²) in [5.41, 5.74) is 0. The number of likely N-dealkylation sites (tertiary alicyclic amines) is 1. The van der Waals surface area contributed by atoms with Gasteiger partial charge in [0.2, 0.25) is 10.0 Å². The van der Waals surface area contributed by atoms with E-state index in [9.17, 15) is 13.2 Å². The van der Waals surface area contributed by atoms with E-state index in [1.165, 1.54) is 16.8 Å². The normalized spacial score (nSPS) is 22.6. The fraction of sp³-hybridized carbons (Fsp3) is 0.688. The molecule has 2 saturated heterocycles. The van der Waals surface area contributed by atoms with Crippen molar-refractivity contribution in [3.05, 3.63) is 24.2 Å². The summed E-state index contributed by atoms with van der Waals surface area (Å²) in [5.74, 6) is 0.106. The Labute approximate surface area is 148 Å². The number of amides is 1. The van der Waals surface area contributed by atoms with E-state index in [-0.39, 0.29) is 11.9 Å². The van der Waals surface area contributed by atoms with E-state index in [0.29, 0.717) is 51.6 Å². The summed E-state index contributed by atoms with van der Waals surface area (Å²) in [6, 6.07) is 3.11. The molecule has 3 heterocycles. The number of carbonyl (C=O) groups is 1. The van der Waals surface area contributed by atoms with Crippen LogP contribution in [0.3, 0.4) is 0 Å². The third-order valence-corrected chi connectivity index (χ3v) is 6.09. The highest BCUT2D eigenvalue weighted by atomic mass is 32.2. The Morgan fingerprint density at radius 1 is 1.32 bits per heavy atom. The molecule has 0 aromatic carbocycles. The van der Waals surface area contributed by atoms with Crippen LogP contribution in [0.4, 0.5) is 0 Å². The molecule has 2 fully saturated rings. The molecule has 0 aliphatic carbocycles. The predicted octanol–water partition coefficient (Wildman–Crippen LogP) is 0.0879. The average Bonchev–Trinajstić information content (AvgIpc) is 3.26. The topological polar surface area (TPSA) is 83.3 Å². The van der Waals surface area contributed by atoms with Crippen molar-refractivity contribution in [1.82, 2.24) is 14.1 Å². The number of hydrogen-bond donors (Lipinski definition) is 0. The Hall–Kier alpha value is -1.42. The largest absolute Gasteiger partial charge is 0.459 e. The Balaban J connectivity index is 1.61. The molecule has 9 heteroatoms. The minimum atomic E-state index is -3.34. The number of ether oxygens (including phenoxy) is 1. The molecule has 1 aromatic heterocycles. The van der Waals surface area contributed by atoms with Crippen LogP contribution in [0.1, 0.15) is 17.0 Å². The smallest absolute Gasteiger partial charge is 0.289 e. The first-order chi connectivity index (χ1) is 11.9. The van der Waals surface area contributed by atoms with Gasteiger partial charge >= 0.3 is 0 Å². The highest BCUT2D eigenvalue weighted by Crippen LogP contribution is 2.20. The summed E-state index contributed by atoms with van der Waals surface area (Å²) in [7, 11) is -3.34. The highest BCUT2D eigenvalue weighted by molar-refractivity contribution is 7.88. The Kier molecular flexibility index (Phi) is 5.78. The molecule has 0 spiro atoms. The maximum absolute atomic E-state index is 12.4. The molecule has 1 unspecified atom stereocenters. The Bertz CT molecular complexity index is 670. The van der Waals surface area contributed by atoms with Gasteiger partial charge in [0.25, 0.3) is 5.91 Å². The summed E-state index contributed by atoms with van der Waals surface area (Å²) >= 11 is 0. The summed E-state index contributed by atoms with van der Waals surface area (Å²) in [6.45, 7) is 5.08. The molecule has 1 atom stereocenters. The second kappa shape index (κ2) is 7.86. The van der Waals surface area contributed by atoms with Crippen molar-refractivity contribution in [3.63, 3.8) is 0 Å². The molecule has 0 saturated carbocycles. The summed E-state index contributed by atoms with van der Waals surface area (Å²) < 4.78 is 36.5. The SMILES string of the molecule is CS(=O)(=O)N(CCN1CCOCC1)C1CCN(C(=O)c2ccco2)C1. The van der Waals surface area contributed by atoms with Crippen molar-refractivity contribution in [2.45, 2.75) is 12.5 Å². The van der Waals surface area contributed by atoms with Crippen LogP contribution in [0.5, 0.6) is 0 Å². The highest BCUT2D eigenvalue weighted by Gasteiger charge is 2.35. The van der Waals surface area contributed by atoms with Gasteiger partial charge in [-0.05, 0) is 18.6 Å². The first-order valence-corrected chi connectivity index (χ1v) is 10.4. The lowest BCUT2D eigenvalue weighted by molar-refractivity contribution is 0.0353. The van der Waals surface area contributed by atoms with E-state index < -0.39 is 10.0 Å². The van der Waals surface area contributed by atoms with E-state index in [2.05, 4.69) is 4.90 Å². The molecule has 3 rings (SSSR count). The van der Waals surface area contributed by atoms with Gasteiger partial charge in [-0.2, -0.15) is 4.31 Å². The molecular weight excluding hydrogens is 346 g/mol. The quantitative estimate of drug-likeness (QED) is 0.705. The second-order valence-electron chi connectivity index (χ2n) is 6.50. The minimum Gasteiger partial charge on any atom is -0.459 e. The summed E-state index contributed by atoms with van der Waals surface area (Å²) in [4.78, 5) is 16.2. The van der Waals surface area contributed by atoms with Gasteiger partial charge in [0, 0.05) is 45.3 Å². The third kappa shape index (κ3) is 4.60. The van der Waals surface area contributed by atoms with E-state index in [0.717, 1.165) is 13.1 Å². The van der Waals surface area contributed by atoms with Crippen LogP contribution in [0.2, 0.25) is 0 Å². The van der Waals surface area contributed by atoms with Crippen LogP contribution >= 0.6 is 0 Å². The number of morpholine rings is 1. The van der Waals surface area contributed by atoms with Crippen molar-refractivity contribution in [3.8, 4) is 0 Å². The third-order valence-electron chi connectivity index (χ3n) is 4.76. The van der Waals surface area contributed by atoms with Crippen LogP contribution in [0.25, 0.3) is 0 Å². The van der Waals surface area contributed by atoms with Crippen molar-refractivity contribution in [2.75, 3.05) is 58.7 Å². The number of carbonyl (C=O) groups excluding carboxylic acids is 1. The van der Waals surface area contributed by atoms with E-state index in [4.69, 9.17) is 9.15 Å². The van der Waals surface area contributed by atoms with Crippen molar-refractivity contribution < 1.29 is 22.4 Å². The maximum Gasteiger partial charge on any atom is 0.289 e. The number of furan rings is 1. The van der Waals surface area contributed by atoms with Crippen molar-refractivity contribution >= 4 is 15.9 Å². The van der Waals surface area contributed by atoms with Gasteiger partial charge in [-0.3, -0.25) is 9.69 Å². The first-order valence-electron chi connectivity index (χ1n) is 8.55. The lowest BCUT2D eigenvalue weighted by atomic mass is 10.2. The lowest BCUT2D eigenvalue weighted by Gasteiger charge is -2.31. The average molecular weight is 371 g/mol. The molecule has 25 heavy (non-hydrogen) atoms. The molecule has 2 aliphatic heterocycles. The van der Waals surface area contributed by atoms with Crippen LogP contribution < -0.4 is 0 Å². The number of nitrogens with zero attached hydrogens (tertiary/aromatic N) is 3. The maximum atomic E-state index is 12.4. The fourth-order valence-corrected chi connectivity index (χ4v) is 4.53. The molecule has 1 amide bonds. The zero-order valence-electron chi connectivity index (χ0n) is 14.5. The van der Waals surface area contributed by atoms with Crippen molar-refractivity contribution in [2.24, 2.45) is 0 Å². The van der Waals surface area contributed by atoms with E-state index in [1.54, 1.807) is 17.0 Å². The second-order valence-corrected chi connectivity index (χ2v) is 8.43. The monoisotopic (exact) mass is 371 g/mol. The predicted molar refractivity (Wildman–Crippen MR) is 91.8 cm³/mol. The molecular formula is C16H25N3O5S. The van der Waals surface area contributed by atoms with Crippen LogP contribution in [0, 0.1) is 0 Å². The lowest BCUT2D eigenvalue weighted by Crippen LogP contribution is -2.47. The van der Waals surface area contributed by atoms with Gasteiger partial charge in [-0.15, -0.1) is 0 Å². The van der Waals surface area contributed by atoms with Gasteiger partial charge in [-0.1, -0.05) is 0 Å². The Morgan fingerprint density at radius 2 is 2.08 bits per heavy atom. The van der Waals surface area contributed by atoms with Crippen LogP contribution in [-0.2, 0) is 14.8 Å². The van der Waals surface area contributed by atoms with Gasteiger partial charge in [0.1, 0.15) is 0 Å². The number of rotatable bonds is 6. The van der Waals surface area contributed by atoms with Crippen molar-refractivity contribution in [1.29, 1.82) is 0 Å². The van der Waals surface area contributed by atoms with Gasteiger partial charge < -0.3 is 14.1 Å². The number of sulfonamides is 1. The minimum absolute atomic E-state index is 0.185. The first kappa shape index (κ1) is 18.4. The van der Waals surface area contributed by atoms with E-state index >= 15 is 0 Å². The van der Waals surface area contributed by atoms with Gasteiger partial charge in [-0.25, -0.2) is 8.42 Å². The standard InChI is InChI=1S/C16H25N3O5S/c1-25(21,22)19(7-6-17-8-11-23-12-9-17)14-4-5-18(13-14)16(20)15-3-2-10-24-15/h2-3,10,14H,4-9,11-13H2,1H3. The van der Waals surface area contributed by atoms with Crippen LogP contribution in [-0.4, -0.2) is 93.2 Å². The number of hydrogen-bond acceptors (Lipinski definition) is 6. The molecule has 1 aromatic rings. The van der Waals surface area contributed by atoms with Gasteiger partial charge in [0.15, 0.2) is 5.76 Å². The molecule has 0 bridgehead atoms. The van der Waals surface area contributed by atoms with Gasteiger partial charge in [0.05, 0.1) is 25.7 Å². The molecule has 8 nitrogen and oxygen atoms in total. The van der Waals surface area contributed by atoms with E-state index in [1.807, 2.05) is 0 Å². The molecule has 0 radical (unpaired) electrons. The molecule has 0 N–H and O–H groups in total. The summed E-state index contributed by atoms with van der Waals surface area (Å²) in [6.07, 6.45) is 3.35. The fourth-order valence-electron chi connectivity index (χ4n) is 3.40. The Morgan fingerprint density at radius 3 is 2.72 bits per heavy atom. The zero-order chi connectivity index (χ0) is 17.9.